The second kappa shape index (κ2) is 9.64. The lowest BCUT2D eigenvalue weighted by Crippen LogP contribution is -2.30. The van der Waals surface area contributed by atoms with Crippen LogP contribution in [0.1, 0.15) is 37.3 Å². The molecule has 0 radical (unpaired) electrons. The van der Waals surface area contributed by atoms with Gasteiger partial charge in [0.05, 0.1) is 0 Å². The summed E-state index contributed by atoms with van der Waals surface area (Å²) in [6, 6.07) is 13.9. The minimum Gasteiger partial charge on any atom is -0.486 e. The maximum absolute atomic E-state index is 12.8. The average Bonchev–Trinajstić information content (AvgIpc) is 3.30. The number of aryl methyl sites for hydroxylation is 2. The van der Waals surface area contributed by atoms with Crippen LogP contribution >= 0.6 is 0 Å². The summed E-state index contributed by atoms with van der Waals surface area (Å²) in [5, 5.41) is 4.06. The summed E-state index contributed by atoms with van der Waals surface area (Å²) in [5.74, 6) is 2.55. The van der Waals surface area contributed by atoms with Crippen molar-refractivity contribution in [2.75, 3.05) is 19.8 Å². The zero-order chi connectivity index (χ0) is 21.6. The van der Waals surface area contributed by atoms with Gasteiger partial charge >= 0.3 is 0 Å². The topological polar surface area (TPSA) is 77.7 Å². The molecule has 1 aliphatic heterocycles. The van der Waals surface area contributed by atoms with E-state index in [0.717, 1.165) is 29.0 Å². The van der Waals surface area contributed by atoms with E-state index in [0.29, 0.717) is 50.9 Å². The highest BCUT2D eigenvalue weighted by Crippen LogP contribution is 2.31. The number of fused-ring (bicyclic) bond motifs is 1. The lowest BCUT2D eigenvalue weighted by atomic mass is 10.1. The van der Waals surface area contributed by atoms with Crippen LogP contribution in [-0.2, 0) is 24.2 Å². The first kappa shape index (κ1) is 20.9. The molecule has 0 unspecified atom stereocenters. The SMILES string of the molecule is CCc1ccc(-c2noc(CCC(=O)N(CC)Cc3ccc4c(c3)OCCO4)n2)cc1. The molecule has 1 aliphatic rings. The van der Waals surface area contributed by atoms with Crippen LogP contribution in [0.25, 0.3) is 11.4 Å². The normalized spacial score (nSPS) is 12.6. The molecule has 0 saturated carbocycles. The first-order valence-corrected chi connectivity index (χ1v) is 10.7. The van der Waals surface area contributed by atoms with Gasteiger partial charge in [-0.3, -0.25) is 4.79 Å². The molecule has 0 N–H and O–H groups in total. The van der Waals surface area contributed by atoms with Crippen molar-refractivity contribution in [3.63, 3.8) is 0 Å². The zero-order valence-corrected chi connectivity index (χ0v) is 18.0. The van der Waals surface area contributed by atoms with Crippen LogP contribution in [-0.4, -0.2) is 40.7 Å². The molecule has 7 heteroatoms. The lowest BCUT2D eigenvalue weighted by molar-refractivity contribution is -0.131. The van der Waals surface area contributed by atoms with Crippen molar-refractivity contribution in [3.8, 4) is 22.9 Å². The summed E-state index contributed by atoms with van der Waals surface area (Å²) in [5.41, 5.74) is 3.18. The third-order valence-electron chi connectivity index (χ3n) is 5.36. The van der Waals surface area contributed by atoms with E-state index in [1.165, 1.54) is 5.56 Å². The molecule has 162 valence electrons. The fraction of sp³-hybridized carbons (Fsp3) is 0.375. The van der Waals surface area contributed by atoms with Crippen molar-refractivity contribution in [3.05, 3.63) is 59.5 Å². The molecule has 0 aliphatic carbocycles. The van der Waals surface area contributed by atoms with Crippen molar-refractivity contribution in [1.29, 1.82) is 0 Å². The molecule has 31 heavy (non-hydrogen) atoms. The Kier molecular flexibility index (Phi) is 6.50. The van der Waals surface area contributed by atoms with E-state index in [9.17, 15) is 4.79 Å². The minimum absolute atomic E-state index is 0.0458. The number of benzene rings is 2. The third-order valence-corrected chi connectivity index (χ3v) is 5.36. The molecule has 2 heterocycles. The van der Waals surface area contributed by atoms with Crippen LogP contribution in [0.15, 0.2) is 47.0 Å². The number of carbonyl (C=O) groups is 1. The Morgan fingerprint density at radius 1 is 1.00 bits per heavy atom. The molecule has 0 bridgehead atoms. The second-order valence-electron chi connectivity index (χ2n) is 7.45. The van der Waals surface area contributed by atoms with E-state index in [-0.39, 0.29) is 5.91 Å². The molecule has 2 aromatic carbocycles. The van der Waals surface area contributed by atoms with E-state index in [2.05, 4.69) is 29.2 Å². The number of amides is 1. The Labute approximate surface area is 182 Å². The van der Waals surface area contributed by atoms with Gasteiger partial charge in [0.15, 0.2) is 11.5 Å². The van der Waals surface area contributed by atoms with Crippen molar-refractivity contribution >= 4 is 5.91 Å². The summed E-state index contributed by atoms with van der Waals surface area (Å²) in [4.78, 5) is 19.0. The van der Waals surface area contributed by atoms with E-state index >= 15 is 0 Å². The van der Waals surface area contributed by atoms with Gasteiger partial charge in [0, 0.05) is 31.5 Å². The number of aromatic nitrogens is 2. The number of rotatable bonds is 8. The molecule has 1 amide bonds. The monoisotopic (exact) mass is 421 g/mol. The minimum atomic E-state index is 0.0458. The zero-order valence-electron chi connectivity index (χ0n) is 18.0. The maximum Gasteiger partial charge on any atom is 0.227 e. The maximum atomic E-state index is 12.8. The van der Waals surface area contributed by atoms with Crippen molar-refractivity contribution < 1.29 is 18.8 Å². The average molecular weight is 421 g/mol. The predicted octanol–water partition coefficient (Wildman–Crippen LogP) is 4.05. The smallest absolute Gasteiger partial charge is 0.227 e. The van der Waals surface area contributed by atoms with Gasteiger partial charge in [0.25, 0.3) is 0 Å². The van der Waals surface area contributed by atoms with Crippen molar-refractivity contribution in [2.45, 2.75) is 39.7 Å². The van der Waals surface area contributed by atoms with Gasteiger partial charge < -0.3 is 18.9 Å². The fourth-order valence-corrected chi connectivity index (χ4v) is 3.52. The lowest BCUT2D eigenvalue weighted by Gasteiger charge is -2.23. The fourth-order valence-electron chi connectivity index (χ4n) is 3.52. The predicted molar refractivity (Wildman–Crippen MR) is 116 cm³/mol. The Balaban J connectivity index is 1.34. The van der Waals surface area contributed by atoms with Crippen LogP contribution in [0.5, 0.6) is 11.5 Å². The molecule has 0 spiro atoms. The van der Waals surface area contributed by atoms with Gasteiger partial charge in [-0.15, -0.1) is 0 Å². The Hall–Kier alpha value is -3.35. The van der Waals surface area contributed by atoms with Gasteiger partial charge in [-0.2, -0.15) is 4.98 Å². The van der Waals surface area contributed by atoms with E-state index in [4.69, 9.17) is 14.0 Å². The molecule has 0 atom stereocenters. The quantitative estimate of drug-likeness (QED) is 0.546. The summed E-state index contributed by atoms with van der Waals surface area (Å²) in [7, 11) is 0. The van der Waals surface area contributed by atoms with E-state index in [1.807, 2.05) is 42.2 Å². The first-order valence-electron chi connectivity index (χ1n) is 10.7. The first-order chi connectivity index (χ1) is 15.2. The molecule has 7 nitrogen and oxygen atoms in total. The van der Waals surface area contributed by atoms with Crippen LogP contribution in [0, 0.1) is 0 Å². The molecular formula is C24H27N3O4. The van der Waals surface area contributed by atoms with Gasteiger partial charge in [-0.25, -0.2) is 0 Å². The highest BCUT2D eigenvalue weighted by molar-refractivity contribution is 5.76. The summed E-state index contributed by atoms with van der Waals surface area (Å²) in [6.07, 6.45) is 1.71. The van der Waals surface area contributed by atoms with Crippen LogP contribution < -0.4 is 9.47 Å². The molecular weight excluding hydrogens is 394 g/mol. The van der Waals surface area contributed by atoms with Crippen LogP contribution in [0.2, 0.25) is 0 Å². The highest BCUT2D eigenvalue weighted by atomic mass is 16.6. The molecule has 4 rings (SSSR count). The van der Waals surface area contributed by atoms with Gasteiger partial charge in [0.1, 0.15) is 13.2 Å². The molecule has 3 aromatic rings. The van der Waals surface area contributed by atoms with Crippen molar-refractivity contribution in [2.24, 2.45) is 0 Å². The summed E-state index contributed by atoms with van der Waals surface area (Å²) < 4.78 is 16.6. The van der Waals surface area contributed by atoms with Crippen molar-refractivity contribution in [1.82, 2.24) is 15.0 Å². The summed E-state index contributed by atoms with van der Waals surface area (Å²) >= 11 is 0. The number of hydrogen-bond acceptors (Lipinski definition) is 6. The third kappa shape index (κ3) is 5.05. The molecule has 0 saturated heterocycles. The van der Waals surface area contributed by atoms with Gasteiger partial charge in [-0.05, 0) is 36.6 Å². The second-order valence-corrected chi connectivity index (χ2v) is 7.45. The standard InChI is InChI=1S/C24H27N3O4/c1-3-17-5-8-19(9-6-17)24-25-22(31-26-24)11-12-23(28)27(4-2)16-18-7-10-20-21(15-18)30-14-13-29-20/h5-10,15H,3-4,11-14,16H2,1-2H3. The molecule has 1 aromatic heterocycles. The number of carbonyl (C=O) groups excluding carboxylic acids is 1. The number of ether oxygens (including phenoxy) is 2. The number of nitrogens with zero attached hydrogens (tertiary/aromatic N) is 3. The molecule has 0 fully saturated rings. The van der Waals surface area contributed by atoms with Gasteiger partial charge in [0.2, 0.25) is 17.6 Å². The Bertz CT molecular complexity index is 1030. The highest BCUT2D eigenvalue weighted by Gasteiger charge is 2.17. The Morgan fingerprint density at radius 2 is 1.74 bits per heavy atom. The largest absolute Gasteiger partial charge is 0.486 e. The number of hydrogen-bond donors (Lipinski definition) is 0. The van der Waals surface area contributed by atoms with Crippen LogP contribution in [0.4, 0.5) is 0 Å². The van der Waals surface area contributed by atoms with Gasteiger partial charge in [-0.1, -0.05) is 42.4 Å². The summed E-state index contributed by atoms with van der Waals surface area (Å²) in [6.45, 7) is 6.33. The van der Waals surface area contributed by atoms with E-state index < -0.39 is 0 Å². The Morgan fingerprint density at radius 3 is 2.48 bits per heavy atom. The van der Waals surface area contributed by atoms with Crippen LogP contribution in [0.3, 0.4) is 0 Å². The van der Waals surface area contributed by atoms with E-state index in [1.54, 1.807) is 0 Å².